The number of benzene rings is 3. The van der Waals surface area contributed by atoms with E-state index in [0.29, 0.717) is 29.1 Å². The van der Waals surface area contributed by atoms with E-state index in [4.69, 9.17) is 0 Å². The van der Waals surface area contributed by atoms with Gasteiger partial charge in [-0.25, -0.2) is 8.78 Å². The van der Waals surface area contributed by atoms with Crippen LogP contribution in [0.4, 0.5) is 14.5 Å². The van der Waals surface area contributed by atoms with Crippen molar-refractivity contribution < 1.29 is 18.4 Å². The van der Waals surface area contributed by atoms with Gasteiger partial charge in [-0.15, -0.1) is 11.8 Å². The van der Waals surface area contributed by atoms with Crippen LogP contribution in [0, 0.1) is 18.6 Å². The number of halogens is 2. The molecule has 0 N–H and O–H groups in total. The Morgan fingerprint density at radius 3 is 2.53 bits per heavy atom. The maximum atomic E-state index is 13.9. The van der Waals surface area contributed by atoms with Crippen LogP contribution in [-0.2, 0) is 16.2 Å². The third kappa shape index (κ3) is 3.11. The quantitative estimate of drug-likeness (QED) is 0.572. The number of nitrogens with zero attached hydrogens (tertiary/aromatic N) is 2. The lowest BCUT2D eigenvalue weighted by molar-refractivity contribution is -0.123. The van der Waals surface area contributed by atoms with Crippen LogP contribution in [0.3, 0.4) is 0 Å². The molecular weight excluding hydrogens is 430 g/mol. The van der Waals surface area contributed by atoms with Gasteiger partial charge in [0.25, 0.3) is 11.8 Å². The van der Waals surface area contributed by atoms with Crippen molar-refractivity contribution in [1.82, 2.24) is 4.90 Å². The molecule has 0 saturated carbocycles. The summed E-state index contributed by atoms with van der Waals surface area (Å²) >= 11 is 1.44. The molecule has 32 heavy (non-hydrogen) atoms. The highest BCUT2D eigenvalue weighted by Crippen LogP contribution is 2.54. The molecule has 3 aromatic rings. The Morgan fingerprint density at radius 2 is 1.78 bits per heavy atom. The first-order valence-electron chi connectivity index (χ1n) is 10.3. The molecule has 2 aliphatic heterocycles. The van der Waals surface area contributed by atoms with Crippen molar-refractivity contribution >= 4 is 29.3 Å². The second-order valence-electron chi connectivity index (χ2n) is 7.97. The van der Waals surface area contributed by atoms with E-state index in [1.165, 1.54) is 17.8 Å². The molecule has 1 atom stereocenters. The Kier molecular flexibility index (Phi) is 5.01. The molecule has 0 aliphatic carbocycles. The number of fused-ring (bicyclic) bond motifs is 2. The maximum Gasteiger partial charge on any atom is 0.268 e. The van der Waals surface area contributed by atoms with Gasteiger partial charge in [0.2, 0.25) is 0 Å². The van der Waals surface area contributed by atoms with Crippen molar-refractivity contribution in [3.8, 4) is 0 Å². The van der Waals surface area contributed by atoms with Crippen molar-refractivity contribution in [1.29, 1.82) is 0 Å². The van der Waals surface area contributed by atoms with E-state index >= 15 is 0 Å². The summed E-state index contributed by atoms with van der Waals surface area (Å²) in [5.74, 6) is -1.71. The van der Waals surface area contributed by atoms with Crippen molar-refractivity contribution in [2.75, 3.05) is 17.2 Å². The molecule has 7 heteroatoms. The van der Waals surface area contributed by atoms with E-state index in [9.17, 15) is 18.4 Å². The SMILES string of the molecule is Cc1ccc(C(=O)N2CCSC23C(=O)N(Cc2ccc(F)c(F)c2)c2ccccc23)cc1. The Bertz CT molecular complexity index is 1230. The summed E-state index contributed by atoms with van der Waals surface area (Å²) in [4.78, 5) is 29.4. The summed E-state index contributed by atoms with van der Waals surface area (Å²) in [6, 6.07) is 18.3. The lowest BCUT2D eigenvalue weighted by atomic mass is 10.0. The standard InChI is InChI=1S/C25H20F2N2O2S/c1-16-6-9-18(10-7-16)23(30)29-12-13-32-25(29)19-4-2-3-5-22(19)28(24(25)31)15-17-8-11-20(26)21(27)14-17/h2-11,14H,12-13,15H2,1H3. The third-order valence-corrected chi connectivity index (χ3v) is 7.39. The van der Waals surface area contributed by atoms with Crippen LogP contribution in [0.25, 0.3) is 0 Å². The highest BCUT2D eigenvalue weighted by molar-refractivity contribution is 8.01. The molecule has 2 heterocycles. The first-order chi connectivity index (χ1) is 15.4. The predicted octanol–water partition coefficient (Wildman–Crippen LogP) is 4.86. The summed E-state index contributed by atoms with van der Waals surface area (Å²) in [6.45, 7) is 2.48. The molecule has 0 radical (unpaired) electrons. The molecule has 2 amide bonds. The number of amides is 2. The fraction of sp³-hybridized carbons (Fsp3) is 0.200. The average Bonchev–Trinajstić information content (AvgIpc) is 3.34. The predicted molar refractivity (Wildman–Crippen MR) is 120 cm³/mol. The smallest absolute Gasteiger partial charge is 0.268 e. The van der Waals surface area contributed by atoms with Crippen molar-refractivity contribution in [2.24, 2.45) is 0 Å². The van der Waals surface area contributed by atoms with Crippen molar-refractivity contribution in [2.45, 2.75) is 18.3 Å². The molecule has 0 aromatic heterocycles. The summed E-state index contributed by atoms with van der Waals surface area (Å²) in [5.41, 5.74) is 3.48. The van der Waals surface area contributed by atoms with Gasteiger partial charge in [0, 0.05) is 23.4 Å². The molecule has 3 aromatic carbocycles. The van der Waals surface area contributed by atoms with Crippen LogP contribution in [0.2, 0.25) is 0 Å². The zero-order chi connectivity index (χ0) is 22.5. The van der Waals surface area contributed by atoms with Gasteiger partial charge in [0.15, 0.2) is 16.5 Å². The van der Waals surface area contributed by atoms with E-state index in [1.807, 2.05) is 43.3 Å². The maximum absolute atomic E-state index is 13.9. The lowest BCUT2D eigenvalue weighted by Gasteiger charge is -2.33. The van der Waals surface area contributed by atoms with Crippen LogP contribution in [0.15, 0.2) is 66.7 Å². The number of aryl methyl sites for hydroxylation is 1. The summed E-state index contributed by atoms with van der Waals surface area (Å²) in [6.07, 6.45) is 0. The van der Waals surface area contributed by atoms with Crippen LogP contribution >= 0.6 is 11.8 Å². The minimum atomic E-state index is -1.17. The van der Waals surface area contributed by atoms with Crippen LogP contribution in [0.5, 0.6) is 0 Å². The molecule has 162 valence electrons. The number of carbonyl (C=O) groups excluding carboxylic acids is 2. The fourth-order valence-electron chi connectivity index (χ4n) is 4.40. The molecule has 1 fully saturated rings. The second-order valence-corrected chi connectivity index (χ2v) is 9.26. The second kappa shape index (κ2) is 7.74. The molecule has 0 bridgehead atoms. The monoisotopic (exact) mass is 450 g/mol. The van der Waals surface area contributed by atoms with Gasteiger partial charge < -0.3 is 9.80 Å². The van der Waals surface area contributed by atoms with Crippen LogP contribution < -0.4 is 4.90 Å². The molecule has 1 saturated heterocycles. The van der Waals surface area contributed by atoms with E-state index in [-0.39, 0.29) is 18.4 Å². The lowest BCUT2D eigenvalue weighted by Crippen LogP contribution is -2.50. The van der Waals surface area contributed by atoms with Gasteiger partial charge in [-0.2, -0.15) is 0 Å². The molecule has 4 nitrogen and oxygen atoms in total. The fourth-order valence-corrected chi connectivity index (χ4v) is 5.86. The average molecular weight is 451 g/mol. The molecule has 1 unspecified atom stereocenters. The van der Waals surface area contributed by atoms with Gasteiger partial charge in [0.1, 0.15) is 0 Å². The number of hydrogen-bond acceptors (Lipinski definition) is 3. The van der Waals surface area contributed by atoms with Crippen LogP contribution in [-0.4, -0.2) is 29.0 Å². The number of hydrogen-bond donors (Lipinski definition) is 0. The summed E-state index contributed by atoms with van der Waals surface area (Å²) in [5, 5.41) is 0. The molecule has 1 spiro atoms. The normalized spacial score (nSPS) is 19.7. The Balaban J connectivity index is 1.56. The van der Waals surface area contributed by atoms with E-state index in [2.05, 4.69) is 0 Å². The number of anilines is 1. The Hall–Kier alpha value is -3.19. The van der Waals surface area contributed by atoms with Gasteiger partial charge in [-0.1, -0.05) is 42.0 Å². The first kappa shape index (κ1) is 20.7. The van der Waals surface area contributed by atoms with E-state index < -0.39 is 16.5 Å². The highest BCUT2D eigenvalue weighted by Gasteiger charge is 2.59. The molecular formula is C25H20F2N2O2S. The Labute approximate surface area is 188 Å². The van der Waals surface area contributed by atoms with Crippen molar-refractivity contribution in [3.63, 3.8) is 0 Å². The topological polar surface area (TPSA) is 40.6 Å². The van der Waals surface area contributed by atoms with Crippen LogP contribution in [0.1, 0.15) is 27.0 Å². The van der Waals surface area contributed by atoms with E-state index in [1.54, 1.807) is 21.9 Å². The van der Waals surface area contributed by atoms with Gasteiger partial charge in [-0.05, 0) is 42.8 Å². The minimum Gasteiger partial charge on any atom is -0.311 e. The molecule has 5 rings (SSSR count). The number of carbonyl (C=O) groups is 2. The largest absolute Gasteiger partial charge is 0.311 e. The summed E-state index contributed by atoms with van der Waals surface area (Å²) < 4.78 is 27.2. The Morgan fingerprint density at radius 1 is 1.03 bits per heavy atom. The highest BCUT2D eigenvalue weighted by atomic mass is 32.2. The van der Waals surface area contributed by atoms with E-state index in [0.717, 1.165) is 23.3 Å². The van der Waals surface area contributed by atoms with Gasteiger partial charge in [-0.3, -0.25) is 9.59 Å². The van der Waals surface area contributed by atoms with Crippen molar-refractivity contribution in [3.05, 3.63) is 101 Å². The minimum absolute atomic E-state index is 0.0852. The first-order valence-corrected chi connectivity index (χ1v) is 11.3. The summed E-state index contributed by atoms with van der Waals surface area (Å²) in [7, 11) is 0. The zero-order valence-corrected chi connectivity index (χ0v) is 18.2. The van der Waals surface area contributed by atoms with Gasteiger partial charge >= 0.3 is 0 Å². The number of rotatable bonds is 3. The number of para-hydroxylation sites is 1. The van der Waals surface area contributed by atoms with Gasteiger partial charge in [0.05, 0.1) is 12.2 Å². The zero-order valence-electron chi connectivity index (χ0n) is 17.3. The number of thioether (sulfide) groups is 1. The molecule has 2 aliphatic rings. The third-order valence-electron chi connectivity index (χ3n) is 5.97.